The fraction of sp³-hybridized carbons (Fsp3) is 0.0667. The summed E-state index contributed by atoms with van der Waals surface area (Å²) >= 11 is 5.72. The van der Waals surface area contributed by atoms with E-state index in [4.69, 9.17) is 11.6 Å². The summed E-state index contributed by atoms with van der Waals surface area (Å²) in [5.74, 6) is -1.35. The number of esters is 1. The standard InChI is InChI=1S/C15H11ClN2O5/c1-23-15(20)11-5-3-2-4-10(11)14(19)17-12-7-6-9(16)8-13(12)18(21)22/h2-8H,1H3,(H,17,19). The zero-order chi connectivity index (χ0) is 17.0. The largest absolute Gasteiger partial charge is 0.465 e. The first-order valence-corrected chi connectivity index (χ1v) is 6.74. The van der Waals surface area contributed by atoms with Gasteiger partial charge in [0, 0.05) is 11.1 Å². The van der Waals surface area contributed by atoms with Crippen molar-refractivity contribution in [3.63, 3.8) is 0 Å². The molecule has 8 heteroatoms. The Hall–Kier alpha value is -2.93. The smallest absolute Gasteiger partial charge is 0.338 e. The normalized spacial score (nSPS) is 10.0. The molecule has 0 atom stereocenters. The first kappa shape index (κ1) is 16.4. The lowest BCUT2D eigenvalue weighted by Crippen LogP contribution is -2.17. The molecule has 118 valence electrons. The van der Waals surface area contributed by atoms with Crippen molar-refractivity contribution in [1.29, 1.82) is 0 Å². The molecule has 0 aliphatic rings. The van der Waals surface area contributed by atoms with Crippen molar-refractivity contribution in [2.75, 3.05) is 12.4 Å². The number of benzene rings is 2. The number of nitro benzene ring substituents is 1. The molecule has 2 rings (SSSR count). The predicted molar refractivity (Wildman–Crippen MR) is 83.8 cm³/mol. The highest BCUT2D eigenvalue weighted by atomic mass is 35.5. The zero-order valence-corrected chi connectivity index (χ0v) is 12.7. The summed E-state index contributed by atoms with van der Waals surface area (Å²) in [6.07, 6.45) is 0. The van der Waals surface area contributed by atoms with Crippen molar-refractivity contribution in [2.45, 2.75) is 0 Å². The second-order valence-corrected chi connectivity index (χ2v) is 4.85. The van der Waals surface area contributed by atoms with Gasteiger partial charge in [0.25, 0.3) is 11.6 Å². The van der Waals surface area contributed by atoms with Gasteiger partial charge in [0.15, 0.2) is 0 Å². The van der Waals surface area contributed by atoms with Crippen LogP contribution in [-0.4, -0.2) is 23.9 Å². The van der Waals surface area contributed by atoms with Gasteiger partial charge in [-0.3, -0.25) is 14.9 Å². The number of hydrogen-bond acceptors (Lipinski definition) is 5. The number of nitrogens with zero attached hydrogens (tertiary/aromatic N) is 1. The Kier molecular flexibility index (Phi) is 4.92. The van der Waals surface area contributed by atoms with E-state index in [2.05, 4.69) is 10.1 Å². The molecular formula is C15H11ClN2O5. The van der Waals surface area contributed by atoms with E-state index < -0.39 is 16.8 Å². The lowest BCUT2D eigenvalue weighted by atomic mass is 10.1. The molecule has 1 N–H and O–H groups in total. The van der Waals surface area contributed by atoms with Crippen LogP contribution in [0.1, 0.15) is 20.7 Å². The van der Waals surface area contributed by atoms with E-state index in [9.17, 15) is 19.7 Å². The van der Waals surface area contributed by atoms with Crippen molar-refractivity contribution < 1.29 is 19.2 Å². The van der Waals surface area contributed by atoms with Gasteiger partial charge in [0.05, 0.1) is 23.2 Å². The number of hydrogen-bond donors (Lipinski definition) is 1. The van der Waals surface area contributed by atoms with Crippen molar-refractivity contribution in [2.24, 2.45) is 0 Å². The number of amides is 1. The third kappa shape index (κ3) is 3.64. The van der Waals surface area contributed by atoms with Crippen LogP contribution in [0.2, 0.25) is 5.02 Å². The molecule has 0 saturated carbocycles. The van der Waals surface area contributed by atoms with Crippen LogP contribution >= 0.6 is 11.6 Å². The van der Waals surface area contributed by atoms with E-state index in [1.54, 1.807) is 12.1 Å². The number of nitro groups is 1. The van der Waals surface area contributed by atoms with E-state index in [1.807, 2.05) is 0 Å². The van der Waals surface area contributed by atoms with Gasteiger partial charge in [-0.2, -0.15) is 0 Å². The molecule has 0 heterocycles. The molecule has 0 saturated heterocycles. The molecule has 0 aliphatic heterocycles. The Labute approximate surface area is 136 Å². The van der Waals surface area contributed by atoms with Crippen LogP contribution in [-0.2, 0) is 4.74 Å². The maximum Gasteiger partial charge on any atom is 0.338 e. The minimum absolute atomic E-state index is 0.0240. The summed E-state index contributed by atoms with van der Waals surface area (Å²) in [5.41, 5.74) is -0.266. The minimum Gasteiger partial charge on any atom is -0.465 e. The number of carbonyl (C=O) groups excluding carboxylic acids is 2. The molecule has 0 radical (unpaired) electrons. The Morgan fingerprint density at radius 1 is 1.17 bits per heavy atom. The molecule has 23 heavy (non-hydrogen) atoms. The fourth-order valence-corrected chi connectivity index (χ4v) is 2.09. The van der Waals surface area contributed by atoms with Crippen molar-refractivity contribution in [3.8, 4) is 0 Å². The van der Waals surface area contributed by atoms with Gasteiger partial charge in [0.2, 0.25) is 0 Å². The number of halogens is 1. The number of nitrogens with one attached hydrogen (secondary N) is 1. The van der Waals surface area contributed by atoms with Gasteiger partial charge >= 0.3 is 5.97 Å². The quantitative estimate of drug-likeness (QED) is 0.525. The highest BCUT2D eigenvalue weighted by molar-refractivity contribution is 6.31. The lowest BCUT2D eigenvalue weighted by molar-refractivity contribution is -0.383. The van der Waals surface area contributed by atoms with Crippen LogP contribution in [0.5, 0.6) is 0 Å². The van der Waals surface area contributed by atoms with Gasteiger partial charge in [-0.1, -0.05) is 23.7 Å². The van der Waals surface area contributed by atoms with Gasteiger partial charge in [0.1, 0.15) is 5.69 Å². The monoisotopic (exact) mass is 334 g/mol. The third-order valence-electron chi connectivity index (χ3n) is 2.98. The van der Waals surface area contributed by atoms with Gasteiger partial charge < -0.3 is 10.1 Å². The topological polar surface area (TPSA) is 98.5 Å². The van der Waals surface area contributed by atoms with E-state index in [-0.39, 0.29) is 27.5 Å². The second-order valence-electron chi connectivity index (χ2n) is 4.41. The van der Waals surface area contributed by atoms with Gasteiger partial charge in [-0.05, 0) is 24.3 Å². The molecule has 0 bridgehead atoms. The third-order valence-corrected chi connectivity index (χ3v) is 3.22. The number of carbonyl (C=O) groups is 2. The molecule has 0 aliphatic carbocycles. The molecule has 0 fully saturated rings. The van der Waals surface area contributed by atoms with Crippen LogP contribution < -0.4 is 5.32 Å². The second kappa shape index (κ2) is 6.89. The average molecular weight is 335 g/mol. The Balaban J connectivity index is 2.38. The number of ether oxygens (including phenoxy) is 1. The number of anilines is 1. The first-order chi connectivity index (χ1) is 10.9. The summed E-state index contributed by atoms with van der Waals surface area (Å²) in [6.45, 7) is 0. The first-order valence-electron chi connectivity index (χ1n) is 6.36. The Morgan fingerprint density at radius 3 is 2.43 bits per heavy atom. The molecule has 1 amide bonds. The lowest BCUT2D eigenvalue weighted by Gasteiger charge is -2.09. The zero-order valence-electron chi connectivity index (χ0n) is 11.9. The summed E-state index contributed by atoms with van der Waals surface area (Å²) in [6, 6.07) is 9.85. The molecule has 0 spiro atoms. The molecule has 7 nitrogen and oxygen atoms in total. The van der Waals surface area contributed by atoms with Crippen molar-refractivity contribution in [1.82, 2.24) is 0 Å². The Morgan fingerprint density at radius 2 is 1.83 bits per heavy atom. The van der Waals surface area contributed by atoms with Gasteiger partial charge in [-0.15, -0.1) is 0 Å². The summed E-state index contributed by atoms with van der Waals surface area (Å²) in [4.78, 5) is 34.4. The molecule has 2 aromatic rings. The van der Waals surface area contributed by atoms with Crippen LogP contribution in [0.25, 0.3) is 0 Å². The highest BCUT2D eigenvalue weighted by Gasteiger charge is 2.21. The van der Waals surface area contributed by atoms with E-state index in [0.29, 0.717) is 0 Å². The SMILES string of the molecule is COC(=O)c1ccccc1C(=O)Nc1ccc(Cl)cc1[N+](=O)[O-]. The fourth-order valence-electron chi connectivity index (χ4n) is 1.92. The summed E-state index contributed by atoms with van der Waals surface area (Å²) < 4.78 is 4.61. The van der Waals surface area contributed by atoms with Crippen LogP contribution in [0.3, 0.4) is 0 Å². The molecule has 0 unspecified atom stereocenters. The van der Waals surface area contributed by atoms with E-state index in [0.717, 1.165) is 6.07 Å². The highest BCUT2D eigenvalue weighted by Crippen LogP contribution is 2.28. The van der Waals surface area contributed by atoms with Crippen LogP contribution in [0, 0.1) is 10.1 Å². The van der Waals surface area contributed by atoms with E-state index >= 15 is 0 Å². The van der Waals surface area contributed by atoms with Crippen LogP contribution in [0.15, 0.2) is 42.5 Å². The van der Waals surface area contributed by atoms with Crippen molar-refractivity contribution >= 4 is 34.9 Å². The average Bonchev–Trinajstić information content (AvgIpc) is 2.55. The van der Waals surface area contributed by atoms with Crippen LogP contribution in [0.4, 0.5) is 11.4 Å². The van der Waals surface area contributed by atoms with Crippen molar-refractivity contribution in [3.05, 3.63) is 68.7 Å². The maximum atomic E-state index is 12.3. The Bertz CT molecular complexity index is 791. The van der Waals surface area contributed by atoms with Gasteiger partial charge in [-0.25, -0.2) is 4.79 Å². The molecule has 2 aromatic carbocycles. The van der Waals surface area contributed by atoms with E-state index in [1.165, 1.54) is 31.4 Å². The maximum absolute atomic E-state index is 12.3. The predicted octanol–water partition coefficient (Wildman–Crippen LogP) is 3.29. The number of methoxy groups -OCH3 is 1. The molecular weight excluding hydrogens is 324 g/mol. The molecule has 0 aromatic heterocycles. The summed E-state index contributed by atoms with van der Waals surface area (Å²) in [7, 11) is 1.20. The number of rotatable bonds is 4. The minimum atomic E-state index is -0.679. The summed E-state index contributed by atoms with van der Waals surface area (Å²) in [5, 5.41) is 13.6.